The molecule has 0 unspecified atom stereocenters. The van der Waals surface area contributed by atoms with Gasteiger partial charge in [-0.2, -0.15) is 0 Å². The van der Waals surface area contributed by atoms with E-state index in [2.05, 4.69) is 0 Å². The standard InChI is InChI=1S/C14H20N2O3/c1-14(2,3)11(12(15)17)16(13(18)19)9-10-7-5-4-6-8-10/h4-8,11H,9H2,1-3H3,(H2,15,17)(H,18,19)/t11-/m1/s1. The van der Waals surface area contributed by atoms with Crippen molar-refractivity contribution in [2.45, 2.75) is 33.4 Å². The van der Waals surface area contributed by atoms with E-state index in [1.165, 1.54) is 0 Å². The fourth-order valence-corrected chi connectivity index (χ4v) is 2.10. The predicted molar refractivity (Wildman–Crippen MR) is 72.4 cm³/mol. The number of hydrogen-bond acceptors (Lipinski definition) is 2. The van der Waals surface area contributed by atoms with Gasteiger partial charge in [0.25, 0.3) is 0 Å². The zero-order valence-corrected chi connectivity index (χ0v) is 11.5. The van der Waals surface area contributed by atoms with Crippen molar-refractivity contribution in [3.05, 3.63) is 35.9 Å². The molecule has 0 radical (unpaired) electrons. The van der Waals surface area contributed by atoms with Crippen LogP contribution in [0.25, 0.3) is 0 Å². The highest BCUT2D eigenvalue weighted by molar-refractivity contribution is 5.84. The van der Waals surface area contributed by atoms with Crippen LogP contribution in [0.3, 0.4) is 0 Å². The van der Waals surface area contributed by atoms with Crippen LogP contribution in [0.2, 0.25) is 0 Å². The molecule has 1 atom stereocenters. The lowest BCUT2D eigenvalue weighted by Crippen LogP contribution is -2.53. The third-order valence-corrected chi connectivity index (χ3v) is 2.84. The van der Waals surface area contributed by atoms with Crippen molar-refractivity contribution in [3.63, 3.8) is 0 Å². The Labute approximate surface area is 113 Å². The second-order valence-electron chi connectivity index (χ2n) is 5.57. The molecule has 0 saturated heterocycles. The van der Waals surface area contributed by atoms with Crippen LogP contribution >= 0.6 is 0 Å². The van der Waals surface area contributed by atoms with E-state index < -0.39 is 23.5 Å². The molecule has 2 amide bonds. The van der Waals surface area contributed by atoms with Crippen molar-refractivity contribution >= 4 is 12.0 Å². The van der Waals surface area contributed by atoms with Gasteiger partial charge in [0, 0.05) is 6.54 Å². The highest BCUT2D eigenvalue weighted by atomic mass is 16.4. The van der Waals surface area contributed by atoms with Crippen LogP contribution in [0.1, 0.15) is 26.3 Å². The van der Waals surface area contributed by atoms with Gasteiger partial charge < -0.3 is 10.8 Å². The van der Waals surface area contributed by atoms with Crippen LogP contribution in [0.5, 0.6) is 0 Å². The van der Waals surface area contributed by atoms with Gasteiger partial charge in [0.15, 0.2) is 0 Å². The van der Waals surface area contributed by atoms with Gasteiger partial charge in [0.05, 0.1) is 0 Å². The maximum atomic E-state index is 11.6. The zero-order valence-electron chi connectivity index (χ0n) is 11.5. The lowest BCUT2D eigenvalue weighted by atomic mass is 9.85. The van der Waals surface area contributed by atoms with E-state index in [-0.39, 0.29) is 6.54 Å². The maximum absolute atomic E-state index is 11.6. The second kappa shape index (κ2) is 5.73. The van der Waals surface area contributed by atoms with Gasteiger partial charge in [-0.15, -0.1) is 0 Å². The molecule has 0 aliphatic rings. The second-order valence-corrected chi connectivity index (χ2v) is 5.57. The molecular formula is C14H20N2O3. The Hall–Kier alpha value is -2.04. The van der Waals surface area contributed by atoms with Crippen molar-refractivity contribution in [1.82, 2.24) is 4.90 Å². The summed E-state index contributed by atoms with van der Waals surface area (Å²) in [7, 11) is 0. The molecule has 0 saturated carbocycles. The Morgan fingerprint density at radius 1 is 1.26 bits per heavy atom. The highest BCUT2D eigenvalue weighted by Gasteiger charge is 2.37. The fourth-order valence-electron chi connectivity index (χ4n) is 2.10. The number of nitrogens with zero attached hydrogens (tertiary/aromatic N) is 1. The number of carboxylic acid groups (broad SMARTS) is 1. The fraction of sp³-hybridized carbons (Fsp3) is 0.429. The van der Waals surface area contributed by atoms with E-state index in [1.807, 2.05) is 30.3 Å². The first kappa shape index (κ1) is 15.0. The smallest absolute Gasteiger partial charge is 0.408 e. The monoisotopic (exact) mass is 264 g/mol. The first-order valence-electron chi connectivity index (χ1n) is 6.06. The molecule has 0 aliphatic carbocycles. The molecule has 3 N–H and O–H groups in total. The zero-order chi connectivity index (χ0) is 14.6. The summed E-state index contributed by atoms with van der Waals surface area (Å²) in [6, 6.07) is 8.26. The van der Waals surface area contributed by atoms with Crippen molar-refractivity contribution in [3.8, 4) is 0 Å². The number of carbonyl (C=O) groups excluding carboxylic acids is 1. The molecular weight excluding hydrogens is 244 g/mol. The van der Waals surface area contributed by atoms with E-state index in [4.69, 9.17) is 5.73 Å². The van der Waals surface area contributed by atoms with Gasteiger partial charge in [-0.25, -0.2) is 4.79 Å². The van der Waals surface area contributed by atoms with E-state index in [0.717, 1.165) is 10.5 Å². The third kappa shape index (κ3) is 3.98. The maximum Gasteiger partial charge on any atom is 0.408 e. The van der Waals surface area contributed by atoms with Crippen molar-refractivity contribution in [2.24, 2.45) is 11.1 Å². The Morgan fingerprint density at radius 2 is 1.79 bits per heavy atom. The van der Waals surface area contributed by atoms with E-state index in [1.54, 1.807) is 20.8 Å². The molecule has 104 valence electrons. The molecule has 0 fully saturated rings. The minimum Gasteiger partial charge on any atom is -0.465 e. The minimum atomic E-state index is -1.15. The number of amides is 2. The third-order valence-electron chi connectivity index (χ3n) is 2.84. The molecule has 0 heterocycles. The average molecular weight is 264 g/mol. The first-order chi connectivity index (χ1) is 8.73. The van der Waals surface area contributed by atoms with Gasteiger partial charge in [-0.05, 0) is 11.0 Å². The van der Waals surface area contributed by atoms with Crippen LogP contribution in [0.15, 0.2) is 30.3 Å². The minimum absolute atomic E-state index is 0.140. The van der Waals surface area contributed by atoms with Crippen LogP contribution in [0, 0.1) is 5.41 Å². The molecule has 19 heavy (non-hydrogen) atoms. The quantitative estimate of drug-likeness (QED) is 0.873. The Balaban J connectivity index is 3.06. The summed E-state index contributed by atoms with van der Waals surface area (Å²) in [5.41, 5.74) is 5.63. The highest BCUT2D eigenvalue weighted by Crippen LogP contribution is 2.25. The Bertz CT molecular complexity index is 452. The molecule has 0 bridgehead atoms. The van der Waals surface area contributed by atoms with Gasteiger partial charge in [0.1, 0.15) is 6.04 Å². The Kier molecular flexibility index (Phi) is 4.53. The molecule has 1 aromatic rings. The number of carbonyl (C=O) groups is 2. The summed E-state index contributed by atoms with van der Waals surface area (Å²) < 4.78 is 0. The van der Waals surface area contributed by atoms with Crippen LogP contribution in [-0.4, -0.2) is 28.0 Å². The number of nitrogens with two attached hydrogens (primary N) is 1. The van der Waals surface area contributed by atoms with Gasteiger partial charge in [-0.3, -0.25) is 9.69 Å². The lowest BCUT2D eigenvalue weighted by Gasteiger charge is -2.36. The summed E-state index contributed by atoms with van der Waals surface area (Å²) in [5.74, 6) is -0.633. The van der Waals surface area contributed by atoms with Gasteiger partial charge >= 0.3 is 6.09 Å². The number of primary amides is 1. The van der Waals surface area contributed by atoms with E-state index >= 15 is 0 Å². The van der Waals surface area contributed by atoms with Crippen molar-refractivity contribution < 1.29 is 14.7 Å². The summed E-state index contributed by atoms with van der Waals surface area (Å²) in [4.78, 5) is 24.1. The van der Waals surface area contributed by atoms with Crippen LogP contribution in [-0.2, 0) is 11.3 Å². The molecule has 0 aliphatic heterocycles. The molecule has 0 spiro atoms. The van der Waals surface area contributed by atoms with Crippen LogP contribution < -0.4 is 5.73 Å². The molecule has 1 rings (SSSR count). The molecule has 5 heteroatoms. The van der Waals surface area contributed by atoms with Crippen LogP contribution in [0.4, 0.5) is 4.79 Å². The van der Waals surface area contributed by atoms with Crippen molar-refractivity contribution in [1.29, 1.82) is 0 Å². The van der Waals surface area contributed by atoms with E-state index in [9.17, 15) is 14.7 Å². The summed E-state index contributed by atoms with van der Waals surface area (Å²) in [6.45, 7) is 5.52. The topological polar surface area (TPSA) is 83.6 Å². The SMILES string of the molecule is CC(C)(C)[C@@H](C(N)=O)N(Cc1ccccc1)C(=O)O. The summed E-state index contributed by atoms with van der Waals surface area (Å²) in [5, 5.41) is 9.34. The average Bonchev–Trinajstić information content (AvgIpc) is 2.27. The summed E-state index contributed by atoms with van der Waals surface area (Å²) >= 11 is 0. The summed E-state index contributed by atoms with van der Waals surface area (Å²) in [6.07, 6.45) is -1.15. The Morgan fingerprint density at radius 3 is 2.16 bits per heavy atom. The predicted octanol–water partition coefficient (Wildman–Crippen LogP) is 2.07. The van der Waals surface area contributed by atoms with Crippen molar-refractivity contribution in [2.75, 3.05) is 0 Å². The molecule has 1 aromatic carbocycles. The number of hydrogen-bond donors (Lipinski definition) is 2. The molecule has 0 aromatic heterocycles. The largest absolute Gasteiger partial charge is 0.465 e. The van der Waals surface area contributed by atoms with E-state index in [0.29, 0.717) is 0 Å². The lowest BCUT2D eigenvalue weighted by molar-refractivity contribution is -0.126. The molecule has 5 nitrogen and oxygen atoms in total. The first-order valence-corrected chi connectivity index (χ1v) is 6.06. The number of rotatable bonds is 4. The van der Waals surface area contributed by atoms with Gasteiger partial charge in [-0.1, -0.05) is 51.1 Å². The van der Waals surface area contributed by atoms with Gasteiger partial charge in [0.2, 0.25) is 5.91 Å². The number of benzene rings is 1. The normalized spacial score (nSPS) is 12.8.